The van der Waals surface area contributed by atoms with Gasteiger partial charge in [-0.15, -0.1) is 0 Å². The molecular formula is C8H17NO2S. The van der Waals surface area contributed by atoms with Gasteiger partial charge in [0, 0.05) is 18.2 Å². The van der Waals surface area contributed by atoms with Crippen LogP contribution in [0.15, 0.2) is 0 Å². The Morgan fingerprint density at radius 3 is 2.83 bits per heavy atom. The van der Waals surface area contributed by atoms with E-state index in [4.69, 9.17) is 5.11 Å². The van der Waals surface area contributed by atoms with Gasteiger partial charge in [0.15, 0.2) is 0 Å². The smallest absolute Gasteiger partial charge is 0.303 e. The number of rotatable bonds is 7. The van der Waals surface area contributed by atoms with Crippen LogP contribution in [-0.4, -0.2) is 35.7 Å². The molecule has 0 heterocycles. The summed E-state index contributed by atoms with van der Waals surface area (Å²) >= 11 is 1.80. The van der Waals surface area contributed by atoms with Crippen molar-refractivity contribution in [3.05, 3.63) is 0 Å². The summed E-state index contributed by atoms with van der Waals surface area (Å²) in [6.07, 6.45) is 3.04. The number of aliphatic carboxylic acids is 1. The zero-order chi connectivity index (χ0) is 9.40. The second-order valence-corrected chi connectivity index (χ2v) is 3.72. The van der Waals surface area contributed by atoms with Gasteiger partial charge in [0.2, 0.25) is 0 Å². The Bertz CT molecular complexity index is 130. The Kier molecular flexibility index (Phi) is 7.29. The molecule has 0 aliphatic rings. The maximum atomic E-state index is 10.1. The number of carboxylic acid groups (broad SMARTS) is 1. The van der Waals surface area contributed by atoms with Gasteiger partial charge in [-0.05, 0) is 26.1 Å². The quantitative estimate of drug-likeness (QED) is 0.594. The summed E-state index contributed by atoms with van der Waals surface area (Å²) in [5.74, 6) is 0.363. The fourth-order valence-electron chi connectivity index (χ4n) is 0.897. The van der Waals surface area contributed by atoms with Crippen molar-refractivity contribution < 1.29 is 9.90 Å². The fourth-order valence-corrected chi connectivity index (χ4v) is 1.51. The normalized spacial score (nSPS) is 12.8. The average molecular weight is 191 g/mol. The van der Waals surface area contributed by atoms with Gasteiger partial charge in [0.25, 0.3) is 0 Å². The number of hydrogen-bond acceptors (Lipinski definition) is 3. The lowest BCUT2D eigenvalue weighted by Gasteiger charge is -2.10. The Morgan fingerprint density at radius 1 is 1.67 bits per heavy atom. The summed E-state index contributed by atoms with van der Waals surface area (Å²) in [4.78, 5) is 10.1. The molecule has 3 nitrogen and oxygen atoms in total. The molecule has 0 fully saturated rings. The highest BCUT2D eigenvalue weighted by atomic mass is 32.2. The van der Waals surface area contributed by atoms with E-state index in [-0.39, 0.29) is 6.42 Å². The molecule has 0 aliphatic heterocycles. The van der Waals surface area contributed by atoms with Crippen molar-refractivity contribution in [2.75, 3.05) is 18.6 Å². The molecule has 0 saturated carbocycles. The van der Waals surface area contributed by atoms with Gasteiger partial charge in [0.1, 0.15) is 0 Å². The lowest BCUT2D eigenvalue weighted by molar-refractivity contribution is -0.137. The van der Waals surface area contributed by atoms with Gasteiger partial charge in [-0.3, -0.25) is 4.79 Å². The van der Waals surface area contributed by atoms with E-state index in [1.165, 1.54) is 0 Å². The molecule has 0 aliphatic carbocycles. The highest BCUT2D eigenvalue weighted by Crippen LogP contribution is 1.96. The molecule has 1 unspecified atom stereocenters. The predicted octanol–water partition coefficient (Wildman–Crippen LogP) is 1.19. The van der Waals surface area contributed by atoms with Crippen LogP contribution in [0.5, 0.6) is 0 Å². The molecule has 0 rings (SSSR count). The minimum absolute atomic E-state index is 0.263. The van der Waals surface area contributed by atoms with E-state index in [0.717, 1.165) is 12.3 Å². The van der Waals surface area contributed by atoms with Gasteiger partial charge in [-0.2, -0.15) is 11.8 Å². The largest absolute Gasteiger partial charge is 0.481 e. The van der Waals surface area contributed by atoms with Crippen LogP contribution in [0.25, 0.3) is 0 Å². The first-order valence-corrected chi connectivity index (χ1v) is 5.50. The minimum atomic E-state index is -0.714. The SMILES string of the molecule is CSCC(C)NCCCC(=O)O. The van der Waals surface area contributed by atoms with Gasteiger partial charge in [-0.1, -0.05) is 0 Å². The fraction of sp³-hybridized carbons (Fsp3) is 0.875. The summed E-state index contributed by atoms with van der Waals surface area (Å²) in [5.41, 5.74) is 0. The molecule has 0 radical (unpaired) electrons. The molecule has 0 saturated heterocycles. The lowest BCUT2D eigenvalue weighted by Crippen LogP contribution is -2.29. The molecular weight excluding hydrogens is 174 g/mol. The van der Waals surface area contributed by atoms with Crippen LogP contribution in [-0.2, 0) is 4.79 Å². The molecule has 0 amide bonds. The van der Waals surface area contributed by atoms with Gasteiger partial charge in [-0.25, -0.2) is 0 Å². The third-order valence-electron chi connectivity index (χ3n) is 1.48. The number of nitrogens with one attached hydrogen (secondary N) is 1. The first-order valence-electron chi connectivity index (χ1n) is 4.11. The molecule has 0 bridgehead atoms. The summed E-state index contributed by atoms with van der Waals surface area (Å²) in [6, 6.07) is 0.480. The van der Waals surface area contributed by atoms with Crippen LogP contribution < -0.4 is 5.32 Å². The van der Waals surface area contributed by atoms with Crippen LogP contribution in [0.3, 0.4) is 0 Å². The summed E-state index contributed by atoms with van der Waals surface area (Å²) in [5, 5.41) is 11.6. The summed E-state index contributed by atoms with van der Waals surface area (Å²) < 4.78 is 0. The van der Waals surface area contributed by atoms with E-state index < -0.39 is 5.97 Å². The molecule has 72 valence electrons. The van der Waals surface area contributed by atoms with Crippen molar-refractivity contribution in [3.63, 3.8) is 0 Å². The molecule has 0 aromatic carbocycles. The highest BCUT2D eigenvalue weighted by molar-refractivity contribution is 7.98. The summed E-state index contributed by atoms with van der Waals surface area (Å²) in [7, 11) is 0. The van der Waals surface area contributed by atoms with Crippen molar-refractivity contribution in [2.24, 2.45) is 0 Å². The number of carboxylic acids is 1. The first kappa shape index (κ1) is 11.8. The van der Waals surface area contributed by atoms with E-state index in [1.807, 2.05) is 0 Å². The minimum Gasteiger partial charge on any atom is -0.481 e. The van der Waals surface area contributed by atoms with Gasteiger partial charge < -0.3 is 10.4 Å². The second kappa shape index (κ2) is 7.43. The molecule has 4 heteroatoms. The van der Waals surface area contributed by atoms with Crippen LogP contribution >= 0.6 is 11.8 Å². The topological polar surface area (TPSA) is 49.3 Å². The number of hydrogen-bond donors (Lipinski definition) is 2. The van der Waals surface area contributed by atoms with E-state index >= 15 is 0 Å². The van der Waals surface area contributed by atoms with Crippen molar-refractivity contribution >= 4 is 17.7 Å². The zero-order valence-corrected chi connectivity index (χ0v) is 8.49. The highest BCUT2D eigenvalue weighted by Gasteiger charge is 2.00. The standard InChI is InChI=1S/C8H17NO2S/c1-7(6-12-2)9-5-3-4-8(10)11/h7,9H,3-6H2,1-2H3,(H,10,11). The van der Waals surface area contributed by atoms with Crippen molar-refractivity contribution in [1.82, 2.24) is 5.32 Å². The van der Waals surface area contributed by atoms with Crippen LogP contribution in [0, 0.1) is 0 Å². The lowest BCUT2D eigenvalue weighted by atomic mass is 10.3. The van der Waals surface area contributed by atoms with E-state index in [2.05, 4.69) is 18.5 Å². The van der Waals surface area contributed by atoms with Crippen LogP contribution in [0.1, 0.15) is 19.8 Å². The van der Waals surface area contributed by atoms with Gasteiger partial charge >= 0.3 is 5.97 Å². The monoisotopic (exact) mass is 191 g/mol. The van der Waals surface area contributed by atoms with E-state index in [0.29, 0.717) is 12.5 Å². The zero-order valence-electron chi connectivity index (χ0n) is 7.67. The maximum absolute atomic E-state index is 10.1. The number of carbonyl (C=O) groups is 1. The molecule has 1 atom stereocenters. The number of thioether (sulfide) groups is 1. The Balaban J connectivity index is 3.13. The third kappa shape index (κ3) is 7.88. The van der Waals surface area contributed by atoms with Crippen molar-refractivity contribution in [3.8, 4) is 0 Å². The average Bonchev–Trinajstić information content (AvgIpc) is 1.98. The Labute approximate surface area is 77.9 Å². The van der Waals surface area contributed by atoms with Crippen LogP contribution in [0.4, 0.5) is 0 Å². The van der Waals surface area contributed by atoms with Gasteiger partial charge in [0.05, 0.1) is 0 Å². The molecule has 2 N–H and O–H groups in total. The molecule has 0 aromatic heterocycles. The summed E-state index contributed by atoms with van der Waals surface area (Å²) in [6.45, 7) is 2.91. The third-order valence-corrected chi connectivity index (χ3v) is 2.31. The molecule has 0 aromatic rings. The Hall–Kier alpha value is -0.220. The molecule has 12 heavy (non-hydrogen) atoms. The molecule has 0 spiro atoms. The van der Waals surface area contributed by atoms with E-state index in [1.54, 1.807) is 11.8 Å². The van der Waals surface area contributed by atoms with Crippen molar-refractivity contribution in [2.45, 2.75) is 25.8 Å². The Morgan fingerprint density at radius 2 is 2.33 bits per heavy atom. The van der Waals surface area contributed by atoms with E-state index in [9.17, 15) is 4.79 Å². The first-order chi connectivity index (χ1) is 5.66. The predicted molar refractivity (Wildman–Crippen MR) is 52.7 cm³/mol. The van der Waals surface area contributed by atoms with Crippen LogP contribution in [0.2, 0.25) is 0 Å². The maximum Gasteiger partial charge on any atom is 0.303 e. The second-order valence-electron chi connectivity index (χ2n) is 2.81. The van der Waals surface area contributed by atoms with Crippen molar-refractivity contribution in [1.29, 1.82) is 0 Å².